The van der Waals surface area contributed by atoms with Gasteiger partial charge < -0.3 is 5.32 Å². The first-order chi connectivity index (χ1) is 6.98. The molecule has 0 aliphatic heterocycles. The molecule has 1 saturated carbocycles. The Labute approximate surface area is 104 Å². The van der Waals surface area contributed by atoms with Gasteiger partial charge in [-0.05, 0) is 12.3 Å². The topological polar surface area (TPSA) is 40.7 Å². The molecule has 3 nitrogen and oxygen atoms in total. The Morgan fingerprint density at radius 1 is 1.50 bits per heavy atom. The minimum Gasteiger partial charge on any atom is -0.310 e. The Morgan fingerprint density at radius 2 is 2.12 bits per heavy atom. The number of nitrogens with one attached hydrogen (secondary N) is 2. The van der Waals surface area contributed by atoms with Gasteiger partial charge in [0.1, 0.15) is 0 Å². The molecule has 1 aromatic rings. The normalized spacial score (nSPS) is 24.0. The molecule has 0 saturated heterocycles. The number of nitrogens with zero attached hydrogens (tertiary/aromatic N) is 1. The predicted molar refractivity (Wildman–Crippen MR) is 68.9 cm³/mol. The van der Waals surface area contributed by atoms with Crippen LogP contribution in [0.5, 0.6) is 0 Å². The predicted octanol–water partition coefficient (Wildman–Crippen LogP) is 2.63. The number of aromatic nitrogens is 2. The second-order valence-electron chi connectivity index (χ2n) is 5.72. The van der Waals surface area contributed by atoms with Crippen molar-refractivity contribution in [1.29, 1.82) is 0 Å². The smallest absolute Gasteiger partial charge is 0.0535 e. The monoisotopic (exact) mass is 243 g/mol. The second kappa shape index (κ2) is 4.76. The average molecular weight is 244 g/mol. The van der Waals surface area contributed by atoms with Crippen LogP contribution in [0.3, 0.4) is 0 Å². The molecule has 0 radical (unpaired) electrons. The summed E-state index contributed by atoms with van der Waals surface area (Å²) >= 11 is 0. The lowest BCUT2D eigenvalue weighted by atomic mass is 9.89. The summed E-state index contributed by atoms with van der Waals surface area (Å²) in [6.45, 7) is 9.87. The van der Waals surface area contributed by atoms with E-state index < -0.39 is 0 Å². The third-order valence-electron chi connectivity index (χ3n) is 3.13. The van der Waals surface area contributed by atoms with Crippen LogP contribution in [-0.4, -0.2) is 16.2 Å². The summed E-state index contributed by atoms with van der Waals surface area (Å²) in [5, 5.41) is 10.8. The van der Waals surface area contributed by atoms with Crippen molar-refractivity contribution in [1.82, 2.24) is 15.5 Å². The summed E-state index contributed by atoms with van der Waals surface area (Å²) in [6.07, 6.45) is 3.27. The van der Waals surface area contributed by atoms with Crippen LogP contribution in [0.25, 0.3) is 0 Å². The van der Waals surface area contributed by atoms with Crippen molar-refractivity contribution in [2.75, 3.05) is 0 Å². The number of hydrogen-bond donors (Lipinski definition) is 2. The highest BCUT2D eigenvalue weighted by atomic mass is 35.5. The molecule has 2 unspecified atom stereocenters. The van der Waals surface area contributed by atoms with Crippen LogP contribution in [0.4, 0.5) is 0 Å². The van der Waals surface area contributed by atoms with Gasteiger partial charge in [-0.25, -0.2) is 0 Å². The van der Waals surface area contributed by atoms with Gasteiger partial charge in [0.15, 0.2) is 0 Å². The molecule has 16 heavy (non-hydrogen) atoms. The van der Waals surface area contributed by atoms with Crippen LogP contribution in [0, 0.1) is 5.92 Å². The average Bonchev–Trinajstić information content (AvgIpc) is 2.66. The molecule has 0 aromatic carbocycles. The summed E-state index contributed by atoms with van der Waals surface area (Å²) in [4.78, 5) is 0. The largest absolute Gasteiger partial charge is 0.310 e. The summed E-state index contributed by atoms with van der Waals surface area (Å²) in [5.41, 5.74) is 2.72. The van der Waals surface area contributed by atoms with Crippen molar-refractivity contribution in [2.24, 2.45) is 5.92 Å². The van der Waals surface area contributed by atoms with E-state index in [0.717, 1.165) is 18.5 Å². The molecule has 1 aliphatic carbocycles. The van der Waals surface area contributed by atoms with Crippen molar-refractivity contribution in [2.45, 2.75) is 52.1 Å². The van der Waals surface area contributed by atoms with Gasteiger partial charge in [-0.2, -0.15) is 5.10 Å². The molecule has 0 amide bonds. The molecular weight excluding hydrogens is 222 g/mol. The zero-order chi connectivity index (χ0) is 11.1. The van der Waals surface area contributed by atoms with E-state index in [1.54, 1.807) is 0 Å². The van der Waals surface area contributed by atoms with E-state index in [1.165, 1.54) is 17.7 Å². The molecule has 92 valence electrons. The highest BCUT2D eigenvalue weighted by molar-refractivity contribution is 5.85. The van der Waals surface area contributed by atoms with E-state index >= 15 is 0 Å². The second-order valence-corrected chi connectivity index (χ2v) is 5.72. The molecule has 2 atom stereocenters. The Bertz CT molecular complexity index is 340. The van der Waals surface area contributed by atoms with Gasteiger partial charge in [-0.15, -0.1) is 12.4 Å². The first kappa shape index (κ1) is 13.5. The number of H-pyrrole nitrogens is 1. The fourth-order valence-corrected chi connectivity index (χ4v) is 1.94. The van der Waals surface area contributed by atoms with Crippen LogP contribution in [0.1, 0.15) is 45.4 Å². The molecular formula is C12H22ClN3. The molecule has 0 bridgehead atoms. The van der Waals surface area contributed by atoms with Gasteiger partial charge in [0.25, 0.3) is 0 Å². The van der Waals surface area contributed by atoms with Crippen LogP contribution >= 0.6 is 12.4 Å². The minimum atomic E-state index is 0. The number of hydrogen-bond acceptors (Lipinski definition) is 2. The maximum atomic E-state index is 4.14. The van der Waals surface area contributed by atoms with Crippen molar-refractivity contribution in [3.8, 4) is 0 Å². The van der Waals surface area contributed by atoms with Gasteiger partial charge in [0.2, 0.25) is 0 Å². The quantitative estimate of drug-likeness (QED) is 0.857. The molecule has 2 N–H and O–H groups in total. The summed E-state index contributed by atoms with van der Waals surface area (Å²) in [6, 6.07) is 0.729. The van der Waals surface area contributed by atoms with E-state index in [9.17, 15) is 0 Å². The molecule has 2 rings (SSSR count). The van der Waals surface area contributed by atoms with Gasteiger partial charge >= 0.3 is 0 Å². The Hall–Kier alpha value is -0.540. The first-order valence-electron chi connectivity index (χ1n) is 5.74. The van der Waals surface area contributed by atoms with Crippen LogP contribution < -0.4 is 5.32 Å². The summed E-state index contributed by atoms with van der Waals surface area (Å²) in [5.74, 6) is 0.856. The van der Waals surface area contributed by atoms with E-state index in [0.29, 0.717) is 0 Å². The highest BCUT2D eigenvalue weighted by Crippen LogP contribution is 2.30. The van der Waals surface area contributed by atoms with E-state index in [2.05, 4.69) is 43.2 Å². The number of aromatic amines is 1. The fraction of sp³-hybridized carbons (Fsp3) is 0.750. The minimum absolute atomic E-state index is 0. The third-order valence-corrected chi connectivity index (χ3v) is 3.13. The Balaban J connectivity index is 0.00000128. The zero-order valence-corrected chi connectivity index (χ0v) is 11.3. The van der Waals surface area contributed by atoms with E-state index in [-0.39, 0.29) is 17.8 Å². The van der Waals surface area contributed by atoms with Crippen LogP contribution in [-0.2, 0) is 12.0 Å². The number of rotatable bonds is 3. The summed E-state index contributed by atoms with van der Waals surface area (Å²) < 4.78 is 0. The lowest BCUT2D eigenvalue weighted by molar-refractivity contribution is 0.551. The Kier molecular flexibility index (Phi) is 4.02. The molecule has 1 aliphatic rings. The van der Waals surface area contributed by atoms with Crippen LogP contribution in [0.2, 0.25) is 0 Å². The molecule has 0 spiro atoms. The van der Waals surface area contributed by atoms with Gasteiger partial charge in [-0.1, -0.05) is 27.7 Å². The van der Waals surface area contributed by atoms with E-state index in [1.807, 2.05) is 6.20 Å². The van der Waals surface area contributed by atoms with Gasteiger partial charge in [0, 0.05) is 29.3 Å². The summed E-state index contributed by atoms with van der Waals surface area (Å²) in [7, 11) is 0. The molecule has 1 heterocycles. The maximum absolute atomic E-state index is 4.14. The highest BCUT2D eigenvalue weighted by Gasteiger charge is 2.32. The standard InChI is InChI=1S/C12H21N3.ClH/c1-8-5-10(8)13-6-9-7-14-15-11(9)12(2,3)4;/h7-8,10,13H,5-6H2,1-4H3,(H,14,15);1H. The van der Waals surface area contributed by atoms with Crippen molar-refractivity contribution in [3.63, 3.8) is 0 Å². The van der Waals surface area contributed by atoms with Crippen molar-refractivity contribution >= 4 is 12.4 Å². The lowest BCUT2D eigenvalue weighted by Crippen LogP contribution is -2.21. The van der Waals surface area contributed by atoms with Gasteiger partial charge in [0.05, 0.1) is 6.20 Å². The maximum Gasteiger partial charge on any atom is 0.0535 e. The van der Waals surface area contributed by atoms with Crippen LogP contribution in [0.15, 0.2) is 6.20 Å². The van der Waals surface area contributed by atoms with Crippen molar-refractivity contribution in [3.05, 3.63) is 17.5 Å². The Morgan fingerprint density at radius 3 is 2.62 bits per heavy atom. The molecule has 1 aromatic heterocycles. The SMILES string of the molecule is CC1CC1NCc1cn[nH]c1C(C)(C)C.Cl. The first-order valence-corrected chi connectivity index (χ1v) is 5.74. The number of halogens is 1. The molecule has 4 heteroatoms. The fourth-order valence-electron chi connectivity index (χ4n) is 1.94. The molecule has 1 fully saturated rings. The third kappa shape index (κ3) is 2.98. The lowest BCUT2D eigenvalue weighted by Gasteiger charge is -2.18. The van der Waals surface area contributed by atoms with Crippen molar-refractivity contribution < 1.29 is 0 Å². The zero-order valence-electron chi connectivity index (χ0n) is 10.5. The van der Waals surface area contributed by atoms with E-state index in [4.69, 9.17) is 0 Å². The van der Waals surface area contributed by atoms with Gasteiger partial charge in [-0.3, -0.25) is 5.10 Å².